The van der Waals surface area contributed by atoms with Crippen LogP contribution in [0.1, 0.15) is 57.8 Å². The van der Waals surface area contributed by atoms with Crippen molar-refractivity contribution in [3.05, 3.63) is 0 Å². The van der Waals surface area contributed by atoms with Gasteiger partial charge in [-0.2, -0.15) is 0 Å². The highest BCUT2D eigenvalue weighted by Crippen LogP contribution is 2.30. The Kier molecular flexibility index (Phi) is 4.45. The lowest BCUT2D eigenvalue weighted by Gasteiger charge is -2.38. The number of carboxylic acids is 1. The Morgan fingerprint density at radius 1 is 1.16 bits per heavy atom. The monoisotopic (exact) mass is 268 g/mol. The van der Waals surface area contributed by atoms with Gasteiger partial charge in [-0.25, -0.2) is 4.79 Å². The van der Waals surface area contributed by atoms with Crippen LogP contribution < -0.4 is 5.73 Å². The summed E-state index contributed by atoms with van der Waals surface area (Å²) in [6, 6.07) is -0.645. The van der Waals surface area contributed by atoms with Gasteiger partial charge in [0.25, 0.3) is 0 Å². The van der Waals surface area contributed by atoms with E-state index in [9.17, 15) is 14.7 Å². The Morgan fingerprint density at radius 2 is 1.84 bits per heavy atom. The first kappa shape index (κ1) is 14.3. The Hall–Kier alpha value is -1.10. The van der Waals surface area contributed by atoms with Gasteiger partial charge in [-0.15, -0.1) is 0 Å². The van der Waals surface area contributed by atoms with Crippen molar-refractivity contribution < 1.29 is 14.7 Å². The molecule has 0 aromatic carbocycles. The van der Waals surface area contributed by atoms with E-state index in [0.717, 1.165) is 38.5 Å². The molecule has 1 atom stereocenters. The summed E-state index contributed by atoms with van der Waals surface area (Å²) in [6.07, 6.45) is 7.75. The van der Waals surface area contributed by atoms with Crippen LogP contribution in [0, 0.1) is 0 Å². The number of rotatable bonds is 3. The second-order valence-corrected chi connectivity index (χ2v) is 6.04. The maximum Gasteiger partial charge on any atom is 0.326 e. The van der Waals surface area contributed by atoms with Gasteiger partial charge in [0.05, 0.1) is 0 Å². The van der Waals surface area contributed by atoms with E-state index in [1.807, 2.05) is 0 Å². The minimum atomic E-state index is -0.886. The summed E-state index contributed by atoms with van der Waals surface area (Å²) in [5.74, 6) is -0.959. The van der Waals surface area contributed by atoms with Gasteiger partial charge in [0.2, 0.25) is 5.91 Å². The van der Waals surface area contributed by atoms with E-state index in [2.05, 4.69) is 0 Å². The fourth-order valence-electron chi connectivity index (χ4n) is 3.32. The number of carboxylic acid groups (broad SMARTS) is 1. The number of carbonyl (C=O) groups is 2. The molecule has 2 aliphatic rings. The molecule has 2 fully saturated rings. The lowest BCUT2D eigenvalue weighted by molar-refractivity contribution is -0.152. The number of piperidine rings is 1. The first-order valence-electron chi connectivity index (χ1n) is 7.33. The van der Waals surface area contributed by atoms with Crippen molar-refractivity contribution in [1.82, 2.24) is 4.90 Å². The molecule has 1 saturated carbocycles. The number of amides is 1. The molecule has 1 saturated heterocycles. The van der Waals surface area contributed by atoms with Gasteiger partial charge in [0, 0.05) is 18.5 Å². The van der Waals surface area contributed by atoms with Crippen LogP contribution >= 0.6 is 0 Å². The molecule has 3 N–H and O–H groups in total. The highest BCUT2D eigenvalue weighted by Gasteiger charge is 2.36. The largest absolute Gasteiger partial charge is 0.480 e. The maximum absolute atomic E-state index is 12.4. The molecule has 2 rings (SSSR count). The SMILES string of the molecule is NC1(CC(=O)N2CCCC[C@@H]2C(=O)O)CCCCC1. The minimum Gasteiger partial charge on any atom is -0.480 e. The standard InChI is InChI=1S/C14H24N2O3/c15-14(7-3-1-4-8-14)10-12(17)16-9-5-2-6-11(16)13(18)19/h11H,1-10,15H2,(H,18,19)/t11-/m1/s1. The normalized spacial score (nSPS) is 27.0. The lowest BCUT2D eigenvalue weighted by Crippen LogP contribution is -2.52. The summed E-state index contributed by atoms with van der Waals surface area (Å²) in [7, 11) is 0. The Bertz CT molecular complexity index is 351. The predicted octanol–water partition coefficient (Wildman–Crippen LogP) is 1.50. The number of nitrogens with zero attached hydrogens (tertiary/aromatic N) is 1. The molecule has 1 aliphatic carbocycles. The number of nitrogens with two attached hydrogens (primary N) is 1. The molecule has 1 heterocycles. The van der Waals surface area contributed by atoms with Crippen molar-refractivity contribution in [1.29, 1.82) is 0 Å². The molecule has 0 bridgehead atoms. The van der Waals surface area contributed by atoms with Crippen LogP contribution in [-0.2, 0) is 9.59 Å². The highest BCUT2D eigenvalue weighted by atomic mass is 16.4. The molecule has 0 unspecified atom stereocenters. The van der Waals surface area contributed by atoms with E-state index >= 15 is 0 Å². The van der Waals surface area contributed by atoms with Gasteiger partial charge in [-0.3, -0.25) is 4.79 Å². The topological polar surface area (TPSA) is 83.6 Å². The summed E-state index contributed by atoms with van der Waals surface area (Å²) in [5, 5.41) is 9.20. The van der Waals surface area contributed by atoms with Crippen LogP contribution in [0.5, 0.6) is 0 Å². The lowest BCUT2D eigenvalue weighted by atomic mass is 9.79. The summed E-state index contributed by atoms with van der Waals surface area (Å²) >= 11 is 0. The van der Waals surface area contributed by atoms with E-state index in [-0.39, 0.29) is 5.91 Å². The minimum absolute atomic E-state index is 0.0727. The summed E-state index contributed by atoms with van der Waals surface area (Å²) in [6.45, 7) is 0.561. The van der Waals surface area contributed by atoms with Crippen molar-refractivity contribution >= 4 is 11.9 Å². The Labute approximate surface area is 114 Å². The average Bonchev–Trinajstić information content (AvgIpc) is 2.39. The molecule has 108 valence electrons. The molecule has 5 heteroatoms. The third-order valence-electron chi connectivity index (χ3n) is 4.46. The zero-order valence-electron chi connectivity index (χ0n) is 11.4. The number of hydrogen-bond acceptors (Lipinski definition) is 3. The van der Waals surface area contributed by atoms with Crippen LogP contribution in [0.15, 0.2) is 0 Å². The van der Waals surface area contributed by atoms with Crippen molar-refractivity contribution in [2.45, 2.75) is 69.4 Å². The fraction of sp³-hybridized carbons (Fsp3) is 0.857. The Balaban J connectivity index is 1.99. The molecular weight excluding hydrogens is 244 g/mol. The first-order valence-corrected chi connectivity index (χ1v) is 7.33. The summed E-state index contributed by atoms with van der Waals surface area (Å²) in [4.78, 5) is 25.1. The number of aliphatic carboxylic acids is 1. The van der Waals surface area contributed by atoms with Gasteiger partial charge in [0.15, 0.2) is 0 Å². The number of hydrogen-bond donors (Lipinski definition) is 2. The van der Waals surface area contributed by atoms with E-state index in [0.29, 0.717) is 19.4 Å². The van der Waals surface area contributed by atoms with Crippen LogP contribution in [0.3, 0.4) is 0 Å². The highest BCUT2D eigenvalue weighted by molar-refractivity contribution is 5.84. The molecule has 1 aliphatic heterocycles. The van der Waals surface area contributed by atoms with Crippen molar-refractivity contribution in [3.63, 3.8) is 0 Å². The van der Waals surface area contributed by atoms with E-state index < -0.39 is 17.6 Å². The van der Waals surface area contributed by atoms with Crippen LogP contribution in [0.25, 0.3) is 0 Å². The maximum atomic E-state index is 12.4. The first-order chi connectivity index (χ1) is 9.02. The molecule has 19 heavy (non-hydrogen) atoms. The molecule has 5 nitrogen and oxygen atoms in total. The van der Waals surface area contributed by atoms with E-state index in [4.69, 9.17) is 5.73 Å². The second kappa shape index (κ2) is 5.90. The van der Waals surface area contributed by atoms with Gasteiger partial charge in [-0.05, 0) is 32.1 Å². The van der Waals surface area contributed by atoms with E-state index in [1.165, 1.54) is 11.3 Å². The smallest absolute Gasteiger partial charge is 0.326 e. The Morgan fingerprint density at radius 3 is 2.47 bits per heavy atom. The summed E-state index contributed by atoms with van der Waals surface area (Å²) in [5.41, 5.74) is 5.89. The molecule has 0 radical (unpaired) electrons. The second-order valence-electron chi connectivity index (χ2n) is 6.04. The van der Waals surface area contributed by atoms with Crippen LogP contribution in [-0.4, -0.2) is 40.0 Å². The molecule has 0 aromatic heterocycles. The molecular formula is C14H24N2O3. The average molecular weight is 268 g/mol. The van der Waals surface area contributed by atoms with Crippen LogP contribution in [0.4, 0.5) is 0 Å². The van der Waals surface area contributed by atoms with Crippen molar-refractivity contribution in [2.24, 2.45) is 5.73 Å². The van der Waals surface area contributed by atoms with E-state index in [1.54, 1.807) is 0 Å². The zero-order valence-corrected chi connectivity index (χ0v) is 11.4. The zero-order chi connectivity index (χ0) is 13.9. The third-order valence-corrected chi connectivity index (χ3v) is 4.46. The van der Waals surface area contributed by atoms with Gasteiger partial charge in [0.1, 0.15) is 6.04 Å². The predicted molar refractivity (Wildman–Crippen MR) is 71.6 cm³/mol. The third kappa shape index (κ3) is 3.47. The quantitative estimate of drug-likeness (QED) is 0.812. The van der Waals surface area contributed by atoms with Gasteiger partial charge in [-0.1, -0.05) is 19.3 Å². The fourth-order valence-corrected chi connectivity index (χ4v) is 3.32. The summed E-state index contributed by atoms with van der Waals surface area (Å²) < 4.78 is 0. The molecule has 0 spiro atoms. The van der Waals surface area contributed by atoms with Crippen LogP contribution in [0.2, 0.25) is 0 Å². The van der Waals surface area contributed by atoms with Gasteiger partial charge < -0.3 is 15.7 Å². The number of carbonyl (C=O) groups excluding carboxylic acids is 1. The van der Waals surface area contributed by atoms with Crippen molar-refractivity contribution in [3.8, 4) is 0 Å². The van der Waals surface area contributed by atoms with Gasteiger partial charge >= 0.3 is 5.97 Å². The molecule has 1 amide bonds. The number of likely N-dealkylation sites (tertiary alicyclic amines) is 1. The van der Waals surface area contributed by atoms with Crippen molar-refractivity contribution in [2.75, 3.05) is 6.54 Å². The molecule has 0 aromatic rings.